The molecule has 3 rings (SSSR count). The molecule has 0 saturated carbocycles. The Morgan fingerprint density at radius 1 is 1.44 bits per heavy atom. The average Bonchev–Trinajstić information content (AvgIpc) is 2.41. The molecule has 2 atom stereocenters. The fourth-order valence-electron chi connectivity index (χ4n) is 2.81. The quantitative estimate of drug-likeness (QED) is 0.738. The molecule has 0 aliphatic carbocycles. The zero-order chi connectivity index (χ0) is 12.7. The summed E-state index contributed by atoms with van der Waals surface area (Å²) in [5.74, 6) is -0.135. The Morgan fingerprint density at radius 2 is 2.22 bits per heavy atom. The monoisotopic (exact) mass is 246 g/mol. The van der Waals surface area contributed by atoms with Crippen LogP contribution >= 0.6 is 0 Å². The van der Waals surface area contributed by atoms with E-state index >= 15 is 0 Å². The van der Waals surface area contributed by atoms with E-state index in [1.165, 1.54) is 7.11 Å². The first-order chi connectivity index (χ1) is 8.72. The molecule has 1 aromatic rings. The highest BCUT2D eigenvalue weighted by Crippen LogP contribution is 2.35. The molecule has 5 heteroatoms. The molecule has 0 spiro atoms. The maximum Gasteiger partial charge on any atom is 0.410 e. The number of ether oxygens (including phenoxy) is 1. The highest BCUT2D eigenvalue weighted by atomic mass is 16.5. The van der Waals surface area contributed by atoms with Crippen LogP contribution in [0.2, 0.25) is 0 Å². The second-order valence-electron chi connectivity index (χ2n) is 4.58. The van der Waals surface area contributed by atoms with Gasteiger partial charge in [-0.2, -0.15) is 0 Å². The second kappa shape index (κ2) is 4.01. The van der Waals surface area contributed by atoms with Crippen LogP contribution in [0.1, 0.15) is 17.2 Å². The summed E-state index contributed by atoms with van der Waals surface area (Å²) in [5.41, 5.74) is 2.04. The van der Waals surface area contributed by atoms with Crippen LogP contribution in [0.5, 0.6) is 0 Å². The summed E-state index contributed by atoms with van der Waals surface area (Å²) in [6.45, 7) is 0.485. The summed E-state index contributed by atoms with van der Waals surface area (Å²) >= 11 is 0. The zero-order valence-corrected chi connectivity index (χ0v) is 10.1. The lowest BCUT2D eigenvalue weighted by Crippen LogP contribution is -2.60. The molecule has 94 valence electrons. The van der Waals surface area contributed by atoms with Crippen LogP contribution in [-0.4, -0.2) is 36.6 Å². The van der Waals surface area contributed by atoms with Crippen LogP contribution < -0.4 is 5.32 Å². The number of hydrogen-bond donors (Lipinski definition) is 1. The number of carbonyl (C=O) groups excluding carboxylic acids is 2. The molecule has 5 nitrogen and oxygen atoms in total. The number of piperazine rings is 1. The van der Waals surface area contributed by atoms with Gasteiger partial charge in [0.1, 0.15) is 6.04 Å². The van der Waals surface area contributed by atoms with Crippen molar-refractivity contribution in [3.05, 3.63) is 35.4 Å². The minimum atomic E-state index is -0.554. The molecule has 1 saturated heterocycles. The van der Waals surface area contributed by atoms with Gasteiger partial charge in [0.25, 0.3) is 0 Å². The molecular formula is C13H14N2O3. The molecule has 2 amide bonds. The van der Waals surface area contributed by atoms with Crippen molar-refractivity contribution in [3.8, 4) is 0 Å². The number of hydrogen-bond acceptors (Lipinski definition) is 3. The first kappa shape index (κ1) is 11.1. The van der Waals surface area contributed by atoms with Gasteiger partial charge in [-0.3, -0.25) is 9.69 Å². The van der Waals surface area contributed by atoms with Gasteiger partial charge in [0.15, 0.2) is 0 Å². The van der Waals surface area contributed by atoms with Crippen molar-refractivity contribution in [3.63, 3.8) is 0 Å². The fraction of sp³-hybridized carbons (Fsp3) is 0.385. The van der Waals surface area contributed by atoms with E-state index in [0.717, 1.165) is 17.5 Å². The molecule has 0 aromatic heterocycles. The number of benzene rings is 1. The SMILES string of the molecule is COC(=O)N1[C@@H]2CNC(=O)[C@H]1c1ccccc1C2. The standard InChI is InChI=1S/C13H14N2O3/c1-18-13(17)15-9-6-8-4-2-3-5-10(8)11(15)12(16)14-7-9/h2-5,9,11H,6-7H2,1H3,(H,14,16)/t9-,11+/m0/s1. The maximum absolute atomic E-state index is 12.0. The van der Waals surface area contributed by atoms with E-state index in [-0.39, 0.29) is 11.9 Å². The summed E-state index contributed by atoms with van der Waals surface area (Å²) in [6, 6.07) is 7.19. The molecule has 0 unspecified atom stereocenters. The van der Waals surface area contributed by atoms with Crippen LogP contribution in [0.15, 0.2) is 24.3 Å². The average molecular weight is 246 g/mol. The lowest BCUT2D eigenvalue weighted by Gasteiger charge is -2.44. The predicted molar refractivity (Wildman–Crippen MR) is 63.9 cm³/mol. The van der Waals surface area contributed by atoms with Gasteiger partial charge in [-0.1, -0.05) is 24.3 Å². The van der Waals surface area contributed by atoms with Crippen molar-refractivity contribution < 1.29 is 14.3 Å². The van der Waals surface area contributed by atoms with Gasteiger partial charge >= 0.3 is 6.09 Å². The van der Waals surface area contributed by atoms with Gasteiger partial charge in [0.05, 0.1) is 13.2 Å². The zero-order valence-electron chi connectivity index (χ0n) is 10.1. The van der Waals surface area contributed by atoms with Crippen LogP contribution in [0.4, 0.5) is 4.79 Å². The largest absolute Gasteiger partial charge is 0.453 e. The molecule has 2 bridgehead atoms. The smallest absolute Gasteiger partial charge is 0.410 e. The summed E-state index contributed by atoms with van der Waals surface area (Å²) < 4.78 is 4.80. The van der Waals surface area contributed by atoms with Crippen molar-refractivity contribution in [2.75, 3.05) is 13.7 Å². The third kappa shape index (κ3) is 1.47. The first-order valence-corrected chi connectivity index (χ1v) is 5.94. The Labute approximate surface area is 105 Å². The number of fused-ring (bicyclic) bond motifs is 4. The van der Waals surface area contributed by atoms with Crippen molar-refractivity contribution in [1.29, 1.82) is 0 Å². The van der Waals surface area contributed by atoms with E-state index in [1.807, 2.05) is 24.3 Å². The molecule has 2 aliphatic heterocycles. The van der Waals surface area contributed by atoms with E-state index in [2.05, 4.69) is 5.32 Å². The molecule has 1 N–H and O–H groups in total. The maximum atomic E-state index is 12.0. The number of nitrogens with one attached hydrogen (secondary N) is 1. The van der Waals surface area contributed by atoms with Gasteiger partial charge in [-0.05, 0) is 17.5 Å². The molecule has 18 heavy (non-hydrogen) atoms. The first-order valence-electron chi connectivity index (χ1n) is 5.94. The van der Waals surface area contributed by atoms with E-state index < -0.39 is 12.1 Å². The lowest BCUT2D eigenvalue weighted by atomic mass is 9.86. The van der Waals surface area contributed by atoms with E-state index in [1.54, 1.807) is 4.90 Å². The number of methoxy groups -OCH3 is 1. The molecular weight excluding hydrogens is 232 g/mol. The topological polar surface area (TPSA) is 58.6 Å². The van der Waals surface area contributed by atoms with Crippen LogP contribution in [0.3, 0.4) is 0 Å². The molecule has 1 fully saturated rings. The van der Waals surface area contributed by atoms with Crippen molar-refractivity contribution in [1.82, 2.24) is 10.2 Å². The summed E-state index contributed by atoms with van der Waals surface area (Å²) in [5, 5.41) is 2.85. The third-order valence-electron chi connectivity index (χ3n) is 3.62. The molecule has 2 aliphatic rings. The highest BCUT2D eigenvalue weighted by Gasteiger charge is 2.45. The van der Waals surface area contributed by atoms with Crippen LogP contribution in [0.25, 0.3) is 0 Å². The minimum Gasteiger partial charge on any atom is -0.453 e. The van der Waals surface area contributed by atoms with E-state index in [0.29, 0.717) is 6.54 Å². The number of carbonyl (C=O) groups is 2. The van der Waals surface area contributed by atoms with Crippen molar-refractivity contribution in [2.45, 2.75) is 18.5 Å². The molecule has 2 heterocycles. The summed E-state index contributed by atoms with van der Waals surface area (Å²) in [6.07, 6.45) is 0.316. The van der Waals surface area contributed by atoms with Crippen LogP contribution in [0, 0.1) is 0 Å². The van der Waals surface area contributed by atoms with Crippen molar-refractivity contribution in [2.24, 2.45) is 0 Å². The Balaban J connectivity index is 2.10. The van der Waals surface area contributed by atoms with E-state index in [9.17, 15) is 9.59 Å². The minimum absolute atomic E-state index is 0.0185. The third-order valence-corrected chi connectivity index (χ3v) is 3.62. The predicted octanol–water partition coefficient (Wildman–Crippen LogP) is 0.851. The summed E-state index contributed by atoms with van der Waals surface area (Å²) in [4.78, 5) is 25.5. The Kier molecular flexibility index (Phi) is 2.47. The van der Waals surface area contributed by atoms with Gasteiger partial charge in [-0.15, -0.1) is 0 Å². The fourth-order valence-corrected chi connectivity index (χ4v) is 2.81. The van der Waals surface area contributed by atoms with Gasteiger partial charge < -0.3 is 10.1 Å². The second-order valence-corrected chi connectivity index (χ2v) is 4.58. The van der Waals surface area contributed by atoms with E-state index in [4.69, 9.17) is 4.74 Å². The molecule has 1 aromatic carbocycles. The Bertz CT molecular complexity index is 515. The molecule has 0 radical (unpaired) electrons. The van der Waals surface area contributed by atoms with Gasteiger partial charge in [0, 0.05) is 6.54 Å². The number of rotatable bonds is 0. The van der Waals surface area contributed by atoms with Gasteiger partial charge in [0.2, 0.25) is 5.91 Å². The normalized spacial score (nSPS) is 25.2. The summed E-state index contributed by atoms with van der Waals surface area (Å²) in [7, 11) is 1.34. The van der Waals surface area contributed by atoms with Crippen molar-refractivity contribution >= 4 is 12.0 Å². The number of nitrogens with zero attached hydrogens (tertiary/aromatic N) is 1. The lowest BCUT2D eigenvalue weighted by molar-refractivity contribution is -0.131. The van der Waals surface area contributed by atoms with Crippen LogP contribution in [-0.2, 0) is 16.0 Å². The highest BCUT2D eigenvalue weighted by molar-refractivity contribution is 5.89. The Morgan fingerprint density at radius 3 is 3.00 bits per heavy atom. The Hall–Kier alpha value is -2.04. The van der Waals surface area contributed by atoms with Gasteiger partial charge in [-0.25, -0.2) is 4.79 Å². The number of amides is 2.